The minimum atomic E-state index is -1.22. The van der Waals surface area contributed by atoms with E-state index in [2.05, 4.69) is 10.2 Å². The third-order valence-corrected chi connectivity index (χ3v) is 9.60. The van der Waals surface area contributed by atoms with Crippen LogP contribution in [0.2, 0.25) is 6.32 Å². The first-order chi connectivity index (χ1) is 16.2. The highest BCUT2D eigenvalue weighted by Crippen LogP contribution is 2.52. The second kappa shape index (κ2) is 10.9. The summed E-state index contributed by atoms with van der Waals surface area (Å²) in [5.41, 5.74) is 0.128. The second-order valence-corrected chi connectivity index (χ2v) is 11.7. The number of carbonyl (C=O) groups excluding carboxylic acids is 1. The van der Waals surface area contributed by atoms with Gasteiger partial charge in [-0.05, 0) is 64.9 Å². The summed E-state index contributed by atoms with van der Waals surface area (Å²) in [6.07, 6.45) is 5.90. The number of carboxylic acid groups (broad SMARTS) is 1. The largest absolute Gasteiger partial charge is 0.477 e. The molecule has 4 aliphatic rings. The molecular weight excluding hydrogens is 457 g/mol. The maximum absolute atomic E-state index is 12.5. The van der Waals surface area contributed by atoms with Crippen LogP contribution in [-0.4, -0.2) is 98.2 Å². The van der Waals surface area contributed by atoms with E-state index >= 15 is 0 Å². The first kappa shape index (κ1) is 26.0. The highest BCUT2D eigenvalue weighted by Gasteiger charge is 2.60. The Morgan fingerprint density at radius 3 is 2.56 bits per heavy atom. The fraction of sp³-hybridized carbons (Fsp3) is 0.826. The fourth-order valence-corrected chi connectivity index (χ4v) is 7.78. The highest BCUT2D eigenvalue weighted by atomic mass is 32.2. The van der Waals surface area contributed by atoms with Crippen molar-refractivity contribution in [2.75, 3.05) is 19.6 Å². The van der Waals surface area contributed by atoms with Crippen LogP contribution in [-0.2, 0) is 9.59 Å². The SMILES string of the molecule is CC(O)[C@H]1C(=O)N2C(C(=O)O)=C(S[C@@H]3CCN(C4CCC(NCCCB(O)O)CC4)C3)[C@H](C)[C@H]12. The lowest BCUT2D eigenvalue weighted by molar-refractivity contribution is -0.163. The van der Waals surface area contributed by atoms with Gasteiger partial charge in [-0.15, -0.1) is 11.8 Å². The summed E-state index contributed by atoms with van der Waals surface area (Å²) in [6, 6.07) is 0.798. The van der Waals surface area contributed by atoms with E-state index in [1.807, 2.05) is 6.92 Å². The first-order valence-corrected chi connectivity index (χ1v) is 13.6. The summed E-state index contributed by atoms with van der Waals surface area (Å²) in [4.78, 5) is 29.3. The quantitative estimate of drug-likeness (QED) is 0.169. The number of carboxylic acids is 1. The van der Waals surface area contributed by atoms with E-state index in [1.54, 1.807) is 18.7 Å². The van der Waals surface area contributed by atoms with Crippen LogP contribution in [0.25, 0.3) is 0 Å². The molecule has 0 aromatic rings. The van der Waals surface area contributed by atoms with Crippen LogP contribution < -0.4 is 5.32 Å². The van der Waals surface area contributed by atoms with Gasteiger partial charge < -0.3 is 30.5 Å². The van der Waals surface area contributed by atoms with Crippen molar-refractivity contribution in [3.8, 4) is 0 Å². The van der Waals surface area contributed by atoms with Gasteiger partial charge in [0, 0.05) is 34.7 Å². The summed E-state index contributed by atoms with van der Waals surface area (Å²) in [5, 5.41) is 41.6. The summed E-state index contributed by atoms with van der Waals surface area (Å²) in [7, 11) is -1.22. The number of likely N-dealkylation sites (tertiary alicyclic amines) is 1. The van der Waals surface area contributed by atoms with Gasteiger partial charge >= 0.3 is 13.1 Å². The van der Waals surface area contributed by atoms with Crippen LogP contribution in [0.4, 0.5) is 0 Å². The van der Waals surface area contributed by atoms with Gasteiger partial charge in [-0.25, -0.2) is 4.79 Å². The number of nitrogens with one attached hydrogen (secondary N) is 1. The molecule has 0 aromatic heterocycles. The van der Waals surface area contributed by atoms with E-state index in [0.717, 1.165) is 63.1 Å². The number of β-lactam (4-membered cyclic amide) rings is 1. The van der Waals surface area contributed by atoms with Crippen LogP contribution in [0.1, 0.15) is 52.4 Å². The van der Waals surface area contributed by atoms with Crippen molar-refractivity contribution in [3.05, 3.63) is 10.6 Å². The van der Waals surface area contributed by atoms with Gasteiger partial charge in [0.05, 0.1) is 18.1 Å². The number of nitrogens with zero attached hydrogens (tertiary/aromatic N) is 2. The minimum Gasteiger partial charge on any atom is -0.477 e. The van der Waals surface area contributed by atoms with Crippen LogP contribution >= 0.6 is 11.8 Å². The zero-order chi connectivity index (χ0) is 24.6. The molecule has 3 fully saturated rings. The van der Waals surface area contributed by atoms with E-state index in [1.165, 1.54) is 4.90 Å². The van der Waals surface area contributed by atoms with Gasteiger partial charge in [-0.1, -0.05) is 6.92 Å². The number of thioether (sulfide) groups is 1. The molecule has 3 heterocycles. The first-order valence-electron chi connectivity index (χ1n) is 12.7. The van der Waals surface area contributed by atoms with Gasteiger partial charge in [0.15, 0.2) is 0 Å². The molecule has 9 nitrogen and oxygen atoms in total. The van der Waals surface area contributed by atoms with Crippen molar-refractivity contribution in [1.82, 2.24) is 15.1 Å². The van der Waals surface area contributed by atoms with E-state index < -0.39 is 25.1 Å². The zero-order valence-electron chi connectivity index (χ0n) is 20.1. The van der Waals surface area contributed by atoms with Crippen LogP contribution in [0.5, 0.6) is 0 Å². The molecule has 0 bridgehead atoms. The smallest absolute Gasteiger partial charge is 0.451 e. The van der Waals surface area contributed by atoms with Crippen LogP contribution in [0.3, 0.4) is 0 Å². The van der Waals surface area contributed by atoms with E-state index in [0.29, 0.717) is 23.7 Å². The predicted octanol–water partition coefficient (Wildman–Crippen LogP) is 0.711. The van der Waals surface area contributed by atoms with E-state index in [4.69, 9.17) is 10.0 Å². The van der Waals surface area contributed by atoms with Gasteiger partial charge in [0.1, 0.15) is 5.70 Å². The monoisotopic (exact) mass is 495 g/mol. The molecule has 34 heavy (non-hydrogen) atoms. The molecule has 2 saturated heterocycles. The standard InChI is InChI=1S/C23H38BN3O6S/c1-13-19-18(14(2)28)22(29)27(19)20(23(30)31)21(13)34-17-8-11-26(12-17)16-6-4-15(5-7-16)25-10-3-9-24(32)33/h13-19,25,28,32-33H,3-12H2,1-2H3,(H,30,31)/t13-,14?,15?,16?,17-,18-,19-/m1/s1. The van der Waals surface area contributed by atoms with Crippen molar-refractivity contribution in [2.45, 2.75) is 88.2 Å². The van der Waals surface area contributed by atoms with Crippen LogP contribution in [0, 0.1) is 11.8 Å². The maximum atomic E-state index is 12.5. The molecule has 0 radical (unpaired) electrons. The Morgan fingerprint density at radius 2 is 1.94 bits per heavy atom. The lowest BCUT2D eigenvalue weighted by Crippen LogP contribution is -2.63. The summed E-state index contributed by atoms with van der Waals surface area (Å²) in [6.45, 7) is 6.35. The number of amides is 1. The van der Waals surface area contributed by atoms with Gasteiger partial charge in [0.25, 0.3) is 0 Å². The number of carbonyl (C=O) groups is 2. The Balaban J connectivity index is 1.28. The van der Waals surface area contributed by atoms with Gasteiger partial charge in [-0.3, -0.25) is 9.69 Å². The van der Waals surface area contributed by atoms with Crippen molar-refractivity contribution in [1.29, 1.82) is 0 Å². The molecule has 11 heteroatoms. The molecule has 1 unspecified atom stereocenters. The van der Waals surface area contributed by atoms with E-state index in [-0.39, 0.29) is 23.6 Å². The molecular formula is C23H38BN3O6S. The summed E-state index contributed by atoms with van der Waals surface area (Å²) in [5.74, 6) is -1.91. The lowest BCUT2D eigenvalue weighted by atomic mass is 9.79. The molecule has 1 amide bonds. The van der Waals surface area contributed by atoms with Crippen molar-refractivity contribution >= 4 is 30.8 Å². The zero-order valence-corrected chi connectivity index (χ0v) is 20.9. The molecule has 1 aliphatic carbocycles. The number of aliphatic hydroxyl groups is 1. The average Bonchev–Trinajstić information content (AvgIpc) is 3.33. The second-order valence-electron chi connectivity index (χ2n) is 10.4. The summed E-state index contributed by atoms with van der Waals surface area (Å²) >= 11 is 1.64. The Kier molecular flexibility index (Phi) is 8.31. The maximum Gasteiger partial charge on any atom is 0.451 e. The molecule has 5 N–H and O–H groups in total. The number of aliphatic hydroxyl groups excluding tert-OH is 1. The predicted molar refractivity (Wildman–Crippen MR) is 131 cm³/mol. The van der Waals surface area contributed by atoms with E-state index in [9.17, 15) is 19.8 Å². The molecule has 4 rings (SSSR count). The van der Waals surface area contributed by atoms with Gasteiger partial charge in [-0.2, -0.15) is 0 Å². The number of hydrogen-bond acceptors (Lipinski definition) is 8. The van der Waals surface area contributed by atoms with Crippen LogP contribution in [0.15, 0.2) is 10.6 Å². The Labute approximate surface area is 206 Å². The van der Waals surface area contributed by atoms with Crippen molar-refractivity contribution in [2.24, 2.45) is 11.8 Å². The number of hydrogen-bond donors (Lipinski definition) is 5. The Bertz CT molecular complexity index is 804. The Morgan fingerprint density at radius 1 is 1.24 bits per heavy atom. The molecule has 0 aromatic carbocycles. The number of rotatable bonds is 10. The molecule has 5 atom stereocenters. The fourth-order valence-electron chi connectivity index (χ4n) is 6.28. The van der Waals surface area contributed by atoms with Gasteiger partial charge in [0.2, 0.25) is 5.91 Å². The van der Waals surface area contributed by atoms with Crippen molar-refractivity contribution < 1.29 is 29.9 Å². The highest BCUT2D eigenvalue weighted by molar-refractivity contribution is 8.03. The topological polar surface area (TPSA) is 134 Å². The molecule has 0 spiro atoms. The van der Waals surface area contributed by atoms with Crippen molar-refractivity contribution in [3.63, 3.8) is 0 Å². The molecule has 1 saturated carbocycles. The normalized spacial score (nSPS) is 34.9. The third kappa shape index (κ3) is 5.20. The molecule has 190 valence electrons. The number of aliphatic carboxylic acids is 1. The lowest BCUT2D eigenvalue weighted by Gasteiger charge is -2.46. The molecule has 3 aliphatic heterocycles. The third-order valence-electron chi connectivity index (χ3n) is 8.07. The minimum absolute atomic E-state index is 0.0732. The average molecular weight is 495 g/mol. The summed E-state index contributed by atoms with van der Waals surface area (Å²) < 4.78 is 0. The Hall–Kier alpha value is -1.11. The number of fused-ring (bicyclic) bond motifs is 1.